The summed E-state index contributed by atoms with van der Waals surface area (Å²) in [6.45, 7) is 2.12. The Morgan fingerprint density at radius 3 is 2.58 bits per heavy atom. The molecular formula is C26H23ClN4OS. The molecule has 1 fully saturated rings. The fraction of sp³-hybridized carbons (Fsp3) is 0.154. The summed E-state index contributed by atoms with van der Waals surface area (Å²) in [7, 11) is 1.61. The number of hydrogen-bond acceptors (Lipinski definition) is 3. The molecule has 1 saturated heterocycles. The highest BCUT2D eigenvalue weighted by molar-refractivity contribution is 7.80. The van der Waals surface area contributed by atoms with Crippen LogP contribution in [0, 0.1) is 6.92 Å². The zero-order chi connectivity index (χ0) is 22.9. The molecule has 1 aliphatic heterocycles. The Kier molecular flexibility index (Phi) is 5.79. The molecule has 7 heteroatoms. The van der Waals surface area contributed by atoms with E-state index in [9.17, 15) is 0 Å². The van der Waals surface area contributed by atoms with Gasteiger partial charge >= 0.3 is 0 Å². The fourth-order valence-corrected chi connectivity index (χ4v) is 5.02. The molecule has 3 heterocycles. The second kappa shape index (κ2) is 8.89. The number of hydrogen-bond donors (Lipinski definition) is 1. The van der Waals surface area contributed by atoms with Gasteiger partial charge in [-0.2, -0.15) is 0 Å². The molecule has 33 heavy (non-hydrogen) atoms. The summed E-state index contributed by atoms with van der Waals surface area (Å²) in [6, 6.07) is 24.0. The van der Waals surface area contributed by atoms with Crippen LogP contribution in [0.4, 0.5) is 5.69 Å². The predicted molar refractivity (Wildman–Crippen MR) is 136 cm³/mol. The van der Waals surface area contributed by atoms with Crippen molar-refractivity contribution in [3.8, 4) is 11.4 Å². The lowest BCUT2D eigenvalue weighted by molar-refractivity contribution is 0.415. The van der Waals surface area contributed by atoms with Gasteiger partial charge in [-0.1, -0.05) is 35.9 Å². The van der Waals surface area contributed by atoms with Gasteiger partial charge in [0, 0.05) is 29.5 Å². The van der Waals surface area contributed by atoms with Gasteiger partial charge in [0.1, 0.15) is 11.8 Å². The Morgan fingerprint density at radius 2 is 1.85 bits per heavy atom. The van der Waals surface area contributed by atoms with Gasteiger partial charge in [0.2, 0.25) is 0 Å². The highest BCUT2D eigenvalue weighted by Crippen LogP contribution is 2.43. The molecule has 0 aliphatic carbocycles. The van der Waals surface area contributed by atoms with Gasteiger partial charge in [-0.25, -0.2) is 0 Å². The molecule has 166 valence electrons. The van der Waals surface area contributed by atoms with E-state index in [1.807, 2.05) is 42.6 Å². The van der Waals surface area contributed by atoms with Crippen LogP contribution in [-0.4, -0.2) is 21.8 Å². The Hall–Kier alpha value is -3.35. The molecule has 0 amide bonds. The third kappa shape index (κ3) is 3.86. The zero-order valence-corrected chi connectivity index (χ0v) is 19.8. The van der Waals surface area contributed by atoms with Gasteiger partial charge in [-0.15, -0.1) is 0 Å². The van der Waals surface area contributed by atoms with Crippen LogP contribution < -0.4 is 15.0 Å². The number of benzene rings is 2. The molecule has 1 N–H and O–H groups in total. The second-order valence-electron chi connectivity index (χ2n) is 7.90. The second-order valence-corrected chi connectivity index (χ2v) is 8.70. The monoisotopic (exact) mass is 474 g/mol. The standard InChI is InChI=1S/C26H23ClN4OS/c1-17-8-3-4-10-21(17)30-15-7-11-22(30)25-24(20-9-5-6-14-28-20)29-26(33)31(25)18-12-13-23(32-2)19(27)16-18/h3-16,24-25H,1-2H3,(H,29,33)/t24-,25-/m0/s1. The molecule has 0 spiro atoms. The molecule has 2 aromatic heterocycles. The summed E-state index contributed by atoms with van der Waals surface area (Å²) in [6.07, 6.45) is 3.90. The third-order valence-electron chi connectivity index (χ3n) is 5.97. The van der Waals surface area contributed by atoms with Crippen LogP contribution in [0.15, 0.2) is 85.2 Å². The van der Waals surface area contributed by atoms with Gasteiger partial charge < -0.3 is 19.5 Å². The van der Waals surface area contributed by atoms with Crippen LogP contribution in [0.5, 0.6) is 5.75 Å². The molecule has 5 nitrogen and oxygen atoms in total. The zero-order valence-electron chi connectivity index (χ0n) is 18.3. The van der Waals surface area contributed by atoms with Gasteiger partial charge in [0.05, 0.1) is 23.9 Å². The summed E-state index contributed by atoms with van der Waals surface area (Å²) in [5.74, 6) is 0.625. The predicted octanol–water partition coefficient (Wildman–Crippen LogP) is 6.02. The van der Waals surface area contributed by atoms with E-state index in [-0.39, 0.29) is 12.1 Å². The van der Waals surface area contributed by atoms with Crippen LogP contribution in [0.2, 0.25) is 5.02 Å². The Balaban J connectivity index is 1.68. The lowest BCUT2D eigenvalue weighted by atomic mass is 10.0. The molecular weight excluding hydrogens is 452 g/mol. The molecule has 2 atom stereocenters. The normalized spacial score (nSPS) is 17.8. The maximum atomic E-state index is 6.50. The summed E-state index contributed by atoms with van der Waals surface area (Å²) in [4.78, 5) is 6.76. The van der Waals surface area contributed by atoms with E-state index < -0.39 is 0 Å². The largest absolute Gasteiger partial charge is 0.495 e. The van der Waals surface area contributed by atoms with E-state index in [1.54, 1.807) is 7.11 Å². The lowest BCUT2D eigenvalue weighted by Crippen LogP contribution is -2.30. The first-order chi connectivity index (χ1) is 16.1. The van der Waals surface area contributed by atoms with E-state index in [2.05, 4.69) is 69.3 Å². The minimum absolute atomic E-state index is 0.141. The average Bonchev–Trinajstić information content (AvgIpc) is 3.44. The molecule has 5 rings (SSSR count). The minimum atomic E-state index is -0.147. The molecule has 1 aliphatic rings. The van der Waals surface area contributed by atoms with Gasteiger partial charge in [0.15, 0.2) is 5.11 Å². The van der Waals surface area contributed by atoms with Crippen molar-refractivity contribution in [2.24, 2.45) is 0 Å². The van der Waals surface area contributed by atoms with Gasteiger partial charge in [-0.3, -0.25) is 4.98 Å². The van der Waals surface area contributed by atoms with Crippen molar-refractivity contribution in [2.45, 2.75) is 19.0 Å². The van der Waals surface area contributed by atoms with Crippen molar-refractivity contribution in [1.29, 1.82) is 0 Å². The summed E-state index contributed by atoms with van der Waals surface area (Å²) < 4.78 is 7.58. The average molecular weight is 475 g/mol. The number of ether oxygens (including phenoxy) is 1. The number of nitrogens with one attached hydrogen (secondary N) is 1. The number of methoxy groups -OCH3 is 1. The first-order valence-electron chi connectivity index (χ1n) is 10.7. The first-order valence-corrected chi connectivity index (χ1v) is 11.4. The van der Waals surface area contributed by atoms with E-state index in [4.69, 9.17) is 28.6 Å². The Labute approximate surface area is 203 Å². The topological polar surface area (TPSA) is 42.3 Å². The lowest BCUT2D eigenvalue weighted by Gasteiger charge is -2.29. The third-order valence-corrected chi connectivity index (χ3v) is 6.58. The molecule has 0 radical (unpaired) electrons. The SMILES string of the molecule is COc1ccc(N2C(=S)N[C@@H](c3ccccn3)[C@@H]2c2cccn2-c2ccccc2C)cc1Cl. The minimum Gasteiger partial charge on any atom is -0.495 e. The number of pyridine rings is 1. The number of rotatable bonds is 5. The van der Waals surface area contributed by atoms with Gasteiger partial charge in [-0.05, 0) is 73.2 Å². The maximum Gasteiger partial charge on any atom is 0.174 e. The van der Waals surface area contributed by atoms with E-state index in [1.165, 1.54) is 5.56 Å². The summed E-state index contributed by atoms with van der Waals surface area (Å²) >= 11 is 12.3. The fourth-order valence-electron chi connectivity index (χ4n) is 4.43. The van der Waals surface area contributed by atoms with E-state index in [0.717, 1.165) is 22.8 Å². The maximum absolute atomic E-state index is 6.50. The summed E-state index contributed by atoms with van der Waals surface area (Å²) in [5, 5.41) is 4.66. The molecule has 4 aromatic rings. The number of aromatic nitrogens is 2. The number of halogens is 1. The van der Waals surface area contributed by atoms with Crippen molar-refractivity contribution in [3.63, 3.8) is 0 Å². The number of nitrogens with zero attached hydrogens (tertiary/aromatic N) is 3. The van der Waals surface area contributed by atoms with Crippen molar-refractivity contribution in [2.75, 3.05) is 12.0 Å². The Bertz CT molecular complexity index is 1310. The van der Waals surface area contributed by atoms with Crippen molar-refractivity contribution in [1.82, 2.24) is 14.9 Å². The van der Waals surface area contributed by atoms with Crippen molar-refractivity contribution >= 4 is 34.6 Å². The van der Waals surface area contributed by atoms with E-state index >= 15 is 0 Å². The van der Waals surface area contributed by atoms with Crippen LogP contribution >= 0.6 is 23.8 Å². The van der Waals surface area contributed by atoms with E-state index in [0.29, 0.717) is 15.9 Å². The first kappa shape index (κ1) is 21.5. The van der Waals surface area contributed by atoms with Crippen LogP contribution in [-0.2, 0) is 0 Å². The van der Waals surface area contributed by atoms with Crippen LogP contribution in [0.25, 0.3) is 5.69 Å². The van der Waals surface area contributed by atoms with Crippen molar-refractivity contribution < 1.29 is 4.74 Å². The Morgan fingerprint density at radius 1 is 1.03 bits per heavy atom. The number of thiocarbonyl (C=S) groups is 1. The molecule has 2 aromatic carbocycles. The molecule has 0 unspecified atom stereocenters. The smallest absolute Gasteiger partial charge is 0.174 e. The molecule has 0 bridgehead atoms. The summed E-state index contributed by atoms with van der Waals surface area (Å²) in [5.41, 5.74) is 5.22. The van der Waals surface area contributed by atoms with Gasteiger partial charge in [0.25, 0.3) is 0 Å². The molecule has 0 saturated carbocycles. The number of anilines is 1. The number of aryl methyl sites for hydroxylation is 1. The quantitative estimate of drug-likeness (QED) is 0.358. The van der Waals surface area contributed by atoms with Crippen LogP contribution in [0.1, 0.15) is 29.0 Å². The van der Waals surface area contributed by atoms with Crippen LogP contribution in [0.3, 0.4) is 0 Å². The highest BCUT2D eigenvalue weighted by Gasteiger charge is 2.42. The highest BCUT2D eigenvalue weighted by atomic mass is 35.5. The van der Waals surface area contributed by atoms with Crippen molar-refractivity contribution in [3.05, 3.63) is 107 Å². The number of para-hydroxylation sites is 1.